The minimum absolute atomic E-state index is 0.0955. The van der Waals surface area contributed by atoms with Crippen LogP contribution in [0.2, 0.25) is 0 Å². The van der Waals surface area contributed by atoms with Crippen LogP contribution in [0.15, 0.2) is 24.9 Å². The monoisotopic (exact) mass is 419 g/mol. The van der Waals surface area contributed by atoms with E-state index in [4.69, 9.17) is 4.98 Å². The SMILES string of the molecule is CCC1c2nncn2-c2cnc(-n3ccnc3N3CCCC3=O)nc2N1C1CCCC1. The molecule has 3 aliphatic rings. The molecule has 0 radical (unpaired) electrons. The number of anilines is 2. The Morgan fingerprint density at radius 1 is 1.13 bits per heavy atom. The van der Waals surface area contributed by atoms with Crippen LogP contribution in [0.25, 0.3) is 11.6 Å². The first-order valence-electron chi connectivity index (χ1n) is 11.2. The van der Waals surface area contributed by atoms with Crippen molar-refractivity contribution in [1.82, 2.24) is 34.3 Å². The maximum Gasteiger partial charge on any atom is 0.238 e. The van der Waals surface area contributed by atoms with Crippen LogP contribution < -0.4 is 9.80 Å². The van der Waals surface area contributed by atoms with E-state index >= 15 is 0 Å². The van der Waals surface area contributed by atoms with Crippen molar-refractivity contribution in [2.75, 3.05) is 16.3 Å². The number of hydrogen-bond donors (Lipinski definition) is 0. The largest absolute Gasteiger partial charge is 0.341 e. The summed E-state index contributed by atoms with van der Waals surface area (Å²) in [6.07, 6.45) is 14.2. The van der Waals surface area contributed by atoms with E-state index < -0.39 is 0 Å². The molecule has 3 aromatic heterocycles. The molecule has 31 heavy (non-hydrogen) atoms. The molecular formula is C21H25N9O. The Balaban J connectivity index is 1.49. The summed E-state index contributed by atoms with van der Waals surface area (Å²) in [7, 11) is 0. The van der Waals surface area contributed by atoms with Crippen molar-refractivity contribution in [2.24, 2.45) is 0 Å². The molecule has 1 saturated heterocycles. The second kappa shape index (κ2) is 7.14. The van der Waals surface area contributed by atoms with Gasteiger partial charge in [0.1, 0.15) is 12.0 Å². The molecule has 10 nitrogen and oxygen atoms in total. The average Bonchev–Trinajstić information content (AvgIpc) is 3.59. The zero-order valence-electron chi connectivity index (χ0n) is 17.6. The van der Waals surface area contributed by atoms with Crippen molar-refractivity contribution >= 4 is 17.7 Å². The first-order valence-corrected chi connectivity index (χ1v) is 11.2. The second-order valence-corrected chi connectivity index (χ2v) is 8.45. The summed E-state index contributed by atoms with van der Waals surface area (Å²) >= 11 is 0. The molecule has 2 fully saturated rings. The van der Waals surface area contributed by atoms with Gasteiger partial charge in [0.15, 0.2) is 11.6 Å². The molecule has 1 atom stereocenters. The number of fused-ring (bicyclic) bond motifs is 3. The Kier molecular flexibility index (Phi) is 4.25. The highest BCUT2D eigenvalue weighted by Crippen LogP contribution is 2.42. The zero-order valence-corrected chi connectivity index (χ0v) is 17.6. The summed E-state index contributed by atoms with van der Waals surface area (Å²) in [5.74, 6) is 3.06. The summed E-state index contributed by atoms with van der Waals surface area (Å²) in [6.45, 7) is 2.86. The van der Waals surface area contributed by atoms with Gasteiger partial charge in [0, 0.05) is 31.4 Å². The standard InChI is InChI=1S/C21H25N9O/c1-2-15-19-26-24-13-29(19)16-12-23-20(25-18(16)30(15)14-6-3-4-7-14)28-11-9-22-21(28)27-10-5-8-17(27)31/h9,11-15H,2-8,10H2,1H3. The fourth-order valence-electron chi connectivity index (χ4n) is 5.26. The second-order valence-electron chi connectivity index (χ2n) is 8.45. The fraction of sp³-hybridized carbons (Fsp3) is 0.524. The van der Waals surface area contributed by atoms with E-state index in [1.807, 2.05) is 21.5 Å². The van der Waals surface area contributed by atoms with Gasteiger partial charge in [0.2, 0.25) is 17.8 Å². The summed E-state index contributed by atoms with van der Waals surface area (Å²) in [5.41, 5.74) is 0.902. The van der Waals surface area contributed by atoms with Crippen LogP contribution in [0.5, 0.6) is 0 Å². The van der Waals surface area contributed by atoms with E-state index in [1.165, 1.54) is 12.8 Å². The number of nitrogens with zero attached hydrogens (tertiary/aromatic N) is 9. The van der Waals surface area contributed by atoms with Gasteiger partial charge in [0.25, 0.3) is 0 Å². The molecule has 160 valence electrons. The van der Waals surface area contributed by atoms with Gasteiger partial charge in [-0.3, -0.25) is 18.8 Å². The van der Waals surface area contributed by atoms with Crippen LogP contribution in [0.1, 0.15) is 63.7 Å². The van der Waals surface area contributed by atoms with Gasteiger partial charge < -0.3 is 4.90 Å². The lowest BCUT2D eigenvalue weighted by molar-refractivity contribution is -0.117. The van der Waals surface area contributed by atoms with Crippen molar-refractivity contribution in [3.63, 3.8) is 0 Å². The number of imidazole rings is 1. The summed E-state index contributed by atoms with van der Waals surface area (Å²) in [5, 5.41) is 8.61. The summed E-state index contributed by atoms with van der Waals surface area (Å²) in [4.78, 5) is 30.6. The molecule has 1 aliphatic carbocycles. The number of aromatic nitrogens is 7. The van der Waals surface area contributed by atoms with Crippen LogP contribution in [-0.4, -0.2) is 52.8 Å². The van der Waals surface area contributed by atoms with Gasteiger partial charge in [-0.25, -0.2) is 9.97 Å². The minimum Gasteiger partial charge on any atom is -0.341 e. The molecule has 6 rings (SSSR count). The van der Waals surface area contributed by atoms with Crippen molar-refractivity contribution < 1.29 is 4.79 Å². The number of rotatable bonds is 4. The van der Waals surface area contributed by atoms with Crippen LogP contribution in [0.3, 0.4) is 0 Å². The van der Waals surface area contributed by atoms with Crippen LogP contribution >= 0.6 is 0 Å². The van der Waals surface area contributed by atoms with Crippen molar-refractivity contribution in [3.8, 4) is 11.6 Å². The maximum absolute atomic E-state index is 12.3. The van der Waals surface area contributed by atoms with Crippen molar-refractivity contribution in [2.45, 2.75) is 64.0 Å². The molecule has 0 bridgehead atoms. The van der Waals surface area contributed by atoms with E-state index in [9.17, 15) is 4.79 Å². The van der Waals surface area contributed by atoms with Crippen LogP contribution in [-0.2, 0) is 4.79 Å². The normalized spacial score (nSPS) is 21.1. The maximum atomic E-state index is 12.3. The quantitative estimate of drug-likeness (QED) is 0.641. The molecule has 0 spiro atoms. The molecule has 1 amide bonds. The van der Waals surface area contributed by atoms with E-state index in [0.29, 0.717) is 30.9 Å². The lowest BCUT2D eigenvalue weighted by Crippen LogP contribution is -2.42. The summed E-state index contributed by atoms with van der Waals surface area (Å²) < 4.78 is 3.83. The average molecular weight is 419 g/mol. The van der Waals surface area contributed by atoms with Gasteiger partial charge in [-0.15, -0.1) is 10.2 Å². The number of carbonyl (C=O) groups is 1. The molecule has 3 aromatic rings. The van der Waals surface area contributed by atoms with E-state index in [0.717, 1.165) is 43.0 Å². The predicted molar refractivity (Wildman–Crippen MR) is 113 cm³/mol. The van der Waals surface area contributed by atoms with Crippen molar-refractivity contribution in [1.29, 1.82) is 0 Å². The molecule has 10 heteroatoms. The van der Waals surface area contributed by atoms with Gasteiger partial charge >= 0.3 is 0 Å². The fourth-order valence-corrected chi connectivity index (χ4v) is 5.26. The Hall–Kier alpha value is -3.30. The highest BCUT2D eigenvalue weighted by atomic mass is 16.2. The lowest BCUT2D eigenvalue weighted by atomic mass is 10.0. The van der Waals surface area contributed by atoms with Crippen LogP contribution in [0.4, 0.5) is 11.8 Å². The molecule has 1 saturated carbocycles. The Morgan fingerprint density at radius 3 is 2.77 bits per heavy atom. The van der Waals surface area contributed by atoms with Gasteiger partial charge in [-0.05, 0) is 25.7 Å². The molecule has 1 unspecified atom stereocenters. The van der Waals surface area contributed by atoms with Gasteiger partial charge in [-0.2, -0.15) is 4.98 Å². The lowest BCUT2D eigenvalue weighted by Gasteiger charge is -2.40. The topological polar surface area (TPSA) is 97.9 Å². The first-order chi connectivity index (χ1) is 15.3. The molecule has 2 aliphatic heterocycles. The smallest absolute Gasteiger partial charge is 0.238 e. The molecule has 5 heterocycles. The Morgan fingerprint density at radius 2 is 2.00 bits per heavy atom. The third-order valence-corrected chi connectivity index (χ3v) is 6.71. The Labute approximate surface area is 179 Å². The summed E-state index contributed by atoms with van der Waals surface area (Å²) in [6, 6.07) is 0.558. The first kappa shape index (κ1) is 18.5. The van der Waals surface area contributed by atoms with Gasteiger partial charge in [0.05, 0.1) is 12.2 Å². The van der Waals surface area contributed by atoms with Crippen LogP contribution in [0, 0.1) is 0 Å². The highest BCUT2D eigenvalue weighted by Gasteiger charge is 2.39. The van der Waals surface area contributed by atoms with E-state index in [-0.39, 0.29) is 11.9 Å². The third-order valence-electron chi connectivity index (χ3n) is 6.71. The molecular weight excluding hydrogens is 394 g/mol. The highest BCUT2D eigenvalue weighted by molar-refractivity contribution is 5.93. The Bertz CT molecular complexity index is 1130. The third kappa shape index (κ3) is 2.77. The van der Waals surface area contributed by atoms with E-state index in [1.54, 1.807) is 17.4 Å². The zero-order chi connectivity index (χ0) is 20.9. The molecule has 0 N–H and O–H groups in total. The predicted octanol–water partition coefficient (Wildman–Crippen LogP) is 2.58. The number of amides is 1. The van der Waals surface area contributed by atoms with Gasteiger partial charge in [-0.1, -0.05) is 19.8 Å². The minimum atomic E-state index is 0.0955. The number of hydrogen-bond acceptors (Lipinski definition) is 7. The van der Waals surface area contributed by atoms with E-state index in [2.05, 4.69) is 32.0 Å². The van der Waals surface area contributed by atoms with Crippen molar-refractivity contribution in [3.05, 3.63) is 30.7 Å². The molecule has 0 aromatic carbocycles. The number of carbonyl (C=O) groups excluding carboxylic acids is 1.